The first-order valence-electron chi connectivity index (χ1n) is 9.80. The zero-order valence-corrected chi connectivity index (χ0v) is 19.3. The van der Waals surface area contributed by atoms with Crippen LogP contribution in [-0.2, 0) is 10.0 Å². The summed E-state index contributed by atoms with van der Waals surface area (Å²) in [5.41, 5.74) is 1.17. The highest BCUT2D eigenvalue weighted by Crippen LogP contribution is 2.33. The number of ether oxygens (including phenoxy) is 2. The van der Waals surface area contributed by atoms with Crippen LogP contribution in [0.2, 0.25) is 5.02 Å². The minimum absolute atomic E-state index is 0.0278. The smallest absolute Gasteiger partial charge is 0.247 e. The van der Waals surface area contributed by atoms with Gasteiger partial charge in [-0.25, -0.2) is 8.42 Å². The fraction of sp³-hybridized carbons (Fsp3) is 0.130. The Kier molecular flexibility index (Phi) is 6.64. The third kappa shape index (κ3) is 4.85. The molecule has 0 saturated carbocycles. The van der Waals surface area contributed by atoms with Gasteiger partial charge in [0.15, 0.2) is 11.5 Å². The quantitative estimate of drug-likeness (QED) is 0.392. The Balaban J connectivity index is 1.75. The number of benzene rings is 3. The molecular weight excluding hydrogens is 466 g/mol. The van der Waals surface area contributed by atoms with E-state index in [0.29, 0.717) is 21.9 Å². The molecule has 4 aromatic rings. The van der Waals surface area contributed by atoms with Crippen LogP contribution in [0.5, 0.6) is 11.5 Å². The maximum Gasteiger partial charge on any atom is 0.247 e. The van der Waals surface area contributed by atoms with Gasteiger partial charge >= 0.3 is 0 Å². The molecule has 0 radical (unpaired) electrons. The Hall–Kier alpha value is -3.40. The molecule has 4 rings (SSSR count). The third-order valence-corrected chi connectivity index (χ3v) is 6.63. The fourth-order valence-corrected chi connectivity index (χ4v) is 4.64. The highest BCUT2D eigenvalue weighted by atomic mass is 35.5. The topological polar surface area (TPSA) is 104 Å². The average Bonchev–Trinajstić information content (AvgIpc) is 3.33. The van der Waals surface area contributed by atoms with Gasteiger partial charge in [-0.05, 0) is 35.9 Å². The molecule has 0 fully saturated rings. The van der Waals surface area contributed by atoms with E-state index in [0.717, 1.165) is 0 Å². The molecular formula is C23H20ClN3O5S. The number of rotatable bonds is 8. The van der Waals surface area contributed by atoms with Crippen molar-refractivity contribution in [2.45, 2.75) is 10.9 Å². The van der Waals surface area contributed by atoms with Crippen molar-refractivity contribution in [2.24, 2.45) is 0 Å². The number of nitrogens with one attached hydrogen (secondary N) is 1. The Morgan fingerprint density at radius 2 is 1.61 bits per heavy atom. The molecule has 0 aliphatic carbocycles. The van der Waals surface area contributed by atoms with Crippen molar-refractivity contribution in [2.75, 3.05) is 14.2 Å². The van der Waals surface area contributed by atoms with Gasteiger partial charge in [-0.2, -0.15) is 4.72 Å². The predicted molar refractivity (Wildman–Crippen MR) is 123 cm³/mol. The summed E-state index contributed by atoms with van der Waals surface area (Å²) in [5, 5.41) is 8.53. The maximum absolute atomic E-state index is 13.3. The Bertz CT molecular complexity index is 1360. The molecule has 33 heavy (non-hydrogen) atoms. The number of nitrogens with zero attached hydrogens (tertiary/aromatic N) is 2. The summed E-state index contributed by atoms with van der Waals surface area (Å²) in [5.74, 6) is 0.987. The van der Waals surface area contributed by atoms with Crippen molar-refractivity contribution >= 4 is 21.6 Å². The molecule has 170 valence electrons. The first-order chi connectivity index (χ1) is 15.9. The Labute approximate surface area is 196 Å². The fourth-order valence-electron chi connectivity index (χ4n) is 3.21. The molecule has 3 aromatic carbocycles. The second-order valence-electron chi connectivity index (χ2n) is 6.90. The van der Waals surface area contributed by atoms with Gasteiger partial charge in [-0.15, -0.1) is 10.2 Å². The monoisotopic (exact) mass is 485 g/mol. The van der Waals surface area contributed by atoms with Crippen LogP contribution in [-0.4, -0.2) is 32.8 Å². The van der Waals surface area contributed by atoms with Crippen LogP contribution in [0.4, 0.5) is 0 Å². The molecule has 10 heteroatoms. The predicted octanol–water partition coefficient (Wildman–Crippen LogP) is 4.48. The second kappa shape index (κ2) is 9.62. The summed E-state index contributed by atoms with van der Waals surface area (Å²) >= 11 is 6.39. The zero-order chi connectivity index (χ0) is 23.4. The summed E-state index contributed by atoms with van der Waals surface area (Å²) in [6, 6.07) is 19.3. The van der Waals surface area contributed by atoms with Gasteiger partial charge in [0, 0.05) is 16.7 Å². The van der Waals surface area contributed by atoms with Gasteiger partial charge in [-0.1, -0.05) is 48.0 Å². The van der Waals surface area contributed by atoms with E-state index in [1.807, 2.05) is 30.3 Å². The van der Waals surface area contributed by atoms with E-state index < -0.39 is 16.1 Å². The van der Waals surface area contributed by atoms with Crippen molar-refractivity contribution in [3.05, 3.63) is 89.3 Å². The van der Waals surface area contributed by atoms with Crippen LogP contribution >= 0.6 is 11.6 Å². The zero-order valence-electron chi connectivity index (χ0n) is 17.7. The van der Waals surface area contributed by atoms with E-state index in [1.165, 1.54) is 32.4 Å². The van der Waals surface area contributed by atoms with E-state index in [2.05, 4.69) is 14.9 Å². The Morgan fingerprint density at radius 1 is 0.909 bits per heavy atom. The number of hydrogen-bond donors (Lipinski definition) is 1. The summed E-state index contributed by atoms with van der Waals surface area (Å²) in [6.07, 6.45) is 0. The van der Waals surface area contributed by atoms with Gasteiger partial charge in [0.25, 0.3) is 0 Å². The molecule has 0 aliphatic rings. The number of halogens is 1. The van der Waals surface area contributed by atoms with E-state index >= 15 is 0 Å². The van der Waals surface area contributed by atoms with Gasteiger partial charge in [0.05, 0.1) is 19.1 Å². The largest absolute Gasteiger partial charge is 0.493 e. The molecule has 0 aliphatic heterocycles. The Morgan fingerprint density at radius 3 is 2.30 bits per heavy atom. The molecule has 0 spiro atoms. The minimum atomic E-state index is -4.06. The van der Waals surface area contributed by atoms with Crippen molar-refractivity contribution in [1.82, 2.24) is 14.9 Å². The third-order valence-electron chi connectivity index (χ3n) is 4.86. The summed E-state index contributed by atoms with van der Waals surface area (Å²) in [6.45, 7) is 0. The molecule has 1 heterocycles. The lowest BCUT2D eigenvalue weighted by Crippen LogP contribution is -2.30. The molecule has 0 bridgehead atoms. The van der Waals surface area contributed by atoms with Crippen LogP contribution < -0.4 is 14.2 Å². The summed E-state index contributed by atoms with van der Waals surface area (Å²) < 4.78 is 45.5. The normalized spacial score (nSPS) is 12.3. The van der Waals surface area contributed by atoms with Crippen LogP contribution in [0, 0.1) is 0 Å². The van der Waals surface area contributed by atoms with Gasteiger partial charge < -0.3 is 13.9 Å². The number of methoxy groups -OCH3 is 2. The molecule has 1 N–H and O–H groups in total. The van der Waals surface area contributed by atoms with Crippen molar-refractivity contribution < 1.29 is 22.3 Å². The number of hydrogen-bond acceptors (Lipinski definition) is 7. The molecule has 8 nitrogen and oxygen atoms in total. The van der Waals surface area contributed by atoms with Gasteiger partial charge in [0.2, 0.25) is 21.8 Å². The van der Waals surface area contributed by atoms with Crippen LogP contribution in [0.3, 0.4) is 0 Å². The highest BCUT2D eigenvalue weighted by Gasteiger charge is 2.29. The van der Waals surface area contributed by atoms with Crippen LogP contribution in [0.25, 0.3) is 11.5 Å². The lowest BCUT2D eigenvalue weighted by atomic mass is 10.1. The maximum atomic E-state index is 13.3. The average molecular weight is 486 g/mol. The lowest BCUT2D eigenvalue weighted by molar-refractivity contribution is 0.354. The highest BCUT2D eigenvalue weighted by molar-refractivity contribution is 7.89. The molecule has 0 saturated heterocycles. The standard InChI is InChI=1S/C23H20ClN3O5S/c1-30-19-13-12-16(14-20(19)31-2)33(28,29)27-21(17-10-6-7-11-18(17)24)23-26-25-22(32-23)15-8-4-3-5-9-15/h3-14,21,27H,1-2H3. The number of sulfonamides is 1. The van der Waals surface area contributed by atoms with E-state index in [-0.39, 0.29) is 22.4 Å². The summed E-state index contributed by atoms with van der Waals surface area (Å²) in [7, 11) is -1.16. The number of aromatic nitrogens is 2. The molecule has 0 amide bonds. The minimum Gasteiger partial charge on any atom is -0.493 e. The van der Waals surface area contributed by atoms with Crippen molar-refractivity contribution in [1.29, 1.82) is 0 Å². The van der Waals surface area contributed by atoms with Gasteiger partial charge in [-0.3, -0.25) is 0 Å². The van der Waals surface area contributed by atoms with Crippen LogP contribution in [0.1, 0.15) is 17.5 Å². The van der Waals surface area contributed by atoms with Crippen LogP contribution in [0.15, 0.2) is 82.1 Å². The first kappa shape index (κ1) is 22.8. The van der Waals surface area contributed by atoms with Gasteiger partial charge in [0.1, 0.15) is 6.04 Å². The van der Waals surface area contributed by atoms with Crippen molar-refractivity contribution in [3.63, 3.8) is 0 Å². The lowest BCUT2D eigenvalue weighted by Gasteiger charge is -2.18. The van der Waals surface area contributed by atoms with E-state index in [4.69, 9.17) is 25.5 Å². The van der Waals surface area contributed by atoms with E-state index in [1.54, 1.807) is 24.3 Å². The summed E-state index contributed by atoms with van der Waals surface area (Å²) in [4.78, 5) is -0.0278. The molecule has 1 unspecified atom stereocenters. The second-order valence-corrected chi connectivity index (χ2v) is 9.03. The van der Waals surface area contributed by atoms with E-state index in [9.17, 15) is 8.42 Å². The first-order valence-corrected chi connectivity index (χ1v) is 11.7. The molecule has 1 aromatic heterocycles. The molecule has 1 atom stereocenters. The van der Waals surface area contributed by atoms with Crippen molar-refractivity contribution in [3.8, 4) is 23.0 Å². The SMILES string of the molecule is COc1ccc(S(=O)(=O)NC(c2nnc(-c3ccccc3)o2)c2ccccc2Cl)cc1OC.